The minimum absolute atomic E-state index is 0.240. The highest BCUT2D eigenvalue weighted by molar-refractivity contribution is 6.69. The number of ether oxygens (including phenoxy) is 2. The van der Waals surface area contributed by atoms with Crippen LogP contribution in [0.5, 0.6) is 11.5 Å². The van der Waals surface area contributed by atoms with Crippen LogP contribution in [0.4, 0.5) is 0 Å². The Hall–Kier alpha value is -0.620. The molecule has 0 saturated heterocycles. The maximum Gasteiger partial charge on any atom is 0.271 e. The topological polar surface area (TPSA) is 33.7 Å². The lowest BCUT2D eigenvalue weighted by Crippen LogP contribution is -2.35. The molecule has 154 valence electrons. The van der Waals surface area contributed by atoms with Gasteiger partial charge in [-0.15, -0.1) is 0 Å². The molecule has 0 amide bonds. The fourth-order valence-corrected chi connectivity index (χ4v) is 2.88. The largest absolute Gasteiger partial charge is 0.494 e. The second-order valence-electron chi connectivity index (χ2n) is 5.56. The lowest BCUT2D eigenvalue weighted by molar-refractivity contribution is 0.323. The zero-order chi connectivity index (χ0) is 20.9. The third-order valence-electron chi connectivity index (χ3n) is 3.40. The molecule has 10 heteroatoms. The van der Waals surface area contributed by atoms with E-state index in [2.05, 4.69) is 5.32 Å². The lowest BCUT2D eigenvalue weighted by Gasteiger charge is -2.32. The summed E-state index contributed by atoms with van der Waals surface area (Å²) in [6.07, 6.45) is 6.59. The number of benzene rings is 1. The van der Waals surface area contributed by atoms with Crippen LogP contribution in [0.3, 0.4) is 0 Å². The van der Waals surface area contributed by atoms with E-state index in [0.29, 0.717) is 30.4 Å². The van der Waals surface area contributed by atoms with Crippen molar-refractivity contribution in [1.29, 1.82) is 0 Å². The first-order chi connectivity index (χ1) is 13.0. The van der Waals surface area contributed by atoms with Gasteiger partial charge in [-0.3, -0.25) is 0 Å². The molecule has 28 heavy (non-hydrogen) atoms. The molecule has 0 bridgehead atoms. The summed E-state index contributed by atoms with van der Waals surface area (Å²) in [6.45, 7) is 4.91. The second kappa shape index (κ2) is 9.92. The van der Waals surface area contributed by atoms with Gasteiger partial charge in [0.15, 0.2) is 0 Å². The van der Waals surface area contributed by atoms with Crippen LogP contribution in [-0.4, -0.2) is 25.8 Å². The van der Waals surface area contributed by atoms with E-state index >= 15 is 0 Å². The van der Waals surface area contributed by atoms with Gasteiger partial charge in [0.2, 0.25) is 3.79 Å². The van der Waals surface area contributed by atoms with Crippen molar-refractivity contribution in [2.24, 2.45) is 0 Å². The normalized spacial score (nSPS) is 15.2. The molecule has 1 aromatic rings. The number of rotatable bonds is 6. The van der Waals surface area contributed by atoms with Crippen molar-refractivity contribution in [3.63, 3.8) is 0 Å². The smallest absolute Gasteiger partial charge is 0.271 e. The molecule has 0 saturated carbocycles. The summed E-state index contributed by atoms with van der Waals surface area (Å²) >= 11 is 35.9. The highest BCUT2D eigenvalue weighted by Gasteiger charge is 2.34. The zero-order valence-electron chi connectivity index (χ0n) is 15.0. The molecule has 2 rings (SSSR count). The first-order valence-corrected chi connectivity index (χ1v) is 10.5. The fraction of sp³-hybridized carbons (Fsp3) is 0.333. The standard InChI is InChI=1S/C18H18Cl6N2O2/c1-3-27-14-7-12(8-15(9-14)28-4-2)5-6-13-10-26(18(22,23)24)11-16(25-13)17(19,20)21/h5-11,25H,3-4H2,1-2H3. The summed E-state index contributed by atoms with van der Waals surface area (Å²) < 4.78 is 7.69. The number of nitrogens with zero attached hydrogens (tertiary/aromatic N) is 1. The molecule has 1 aliphatic rings. The van der Waals surface area contributed by atoms with E-state index in [9.17, 15) is 0 Å². The summed E-state index contributed by atoms with van der Waals surface area (Å²) in [6, 6.07) is 5.59. The molecule has 0 unspecified atom stereocenters. The van der Waals surface area contributed by atoms with Crippen LogP contribution < -0.4 is 14.8 Å². The fourth-order valence-electron chi connectivity index (χ4n) is 2.30. The number of hydrogen-bond acceptors (Lipinski definition) is 4. The van der Waals surface area contributed by atoms with Gasteiger partial charge in [0.05, 0.1) is 24.6 Å². The molecular formula is C18H18Cl6N2O2. The molecule has 0 atom stereocenters. The molecule has 4 nitrogen and oxygen atoms in total. The monoisotopic (exact) mass is 504 g/mol. The molecule has 0 aliphatic carbocycles. The van der Waals surface area contributed by atoms with Crippen molar-refractivity contribution in [2.75, 3.05) is 13.2 Å². The van der Waals surface area contributed by atoms with Gasteiger partial charge in [0.25, 0.3) is 3.92 Å². The molecule has 0 aromatic heterocycles. The van der Waals surface area contributed by atoms with Crippen LogP contribution in [0.1, 0.15) is 19.4 Å². The Balaban J connectivity index is 2.32. The Morgan fingerprint density at radius 3 is 1.93 bits per heavy atom. The third kappa shape index (κ3) is 7.01. The van der Waals surface area contributed by atoms with E-state index in [1.54, 1.807) is 12.3 Å². The number of allylic oxidation sites excluding steroid dienone is 2. The molecule has 0 spiro atoms. The molecule has 1 aromatic carbocycles. The van der Waals surface area contributed by atoms with Gasteiger partial charge >= 0.3 is 0 Å². The SMILES string of the molecule is CCOc1cc(C=CC2=CN(C(Cl)(Cl)Cl)C=C(C(Cl)(Cl)Cl)N2)cc(OCC)c1. The average molecular weight is 507 g/mol. The Morgan fingerprint density at radius 2 is 1.46 bits per heavy atom. The van der Waals surface area contributed by atoms with Crippen LogP contribution in [-0.2, 0) is 0 Å². The zero-order valence-corrected chi connectivity index (χ0v) is 19.5. The van der Waals surface area contributed by atoms with E-state index in [0.717, 1.165) is 5.56 Å². The minimum atomic E-state index is -1.75. The van der Waals surface area contributed by atoms with Crippen molar-refractivity contribution in [1.82, 2.24) is 10.2 Å². The average Bonchev–Trinajstić information content (AvgIpc) is 2.59. The molecule has 0 radical (unpaired) electrons. The van der Waals surface area contributed by atoms with E-state index in [1.165, 1.54) is 11.1 Å². The molecule has 0 fully saturated rings. The maximum atomic E-state index is 5.98. The first kappa shape index (κ1) is 23.7. The summed E-state index contributed by atoms with van der Waals surface area (Å²) in [7, 11) is 0. The van der Waals surface area contributed by atoms with Crippen molar-refractivity contribution in [3.05, 3.63) is 53.6 Å². The van der Waals surface area contributed by atoms with Gasteiger partial charge in [-0.05, 0) is 37.6 Å². The molecule has 1 heterocycles. The van der Waals surface area contributed by atoms with Gasteiger partial charge in [0, 0.05) is 18.5 Å². The van der Waals surface area contributed by atoms with Crippen LogP contribution in [0.2, 0.25) is 0 Å². The van der Waals surface area contributed by atoms with E-state index in [-0.39, 0.29) is 5.70 Å². The highest BCUT2D eigenvalue weighted by Crippen LogP contribution is 2.39. The minimum Gasteiger partial charge on any atom is -0.494 e. The van der Waals surface area contributed by atoms with Gasteiger partial charge < -0.3 is 19.7 Å². The quantitative estimate of drug-likeness (QED) is 0.340. The Morgan fingerprint density at radius 1 is 0.893 bits per heavy atom. The Kier molecular flexibility index (Phi) is 8.38. The molecular weight excluding hydrogens is 489 g/mol. The number of alkyl halides is 6. The van der Waals surface area contributed by atoms with Crippen LogP contribution >= 0.6 is 69.6 Å². The van der Waals surface area contributed by atoms with E-state index in [4.69, 9.17) is 79.1 Å². The van der Waals surface area contributed by atoms with Crippen LogP contribution in [0.25, 0.3) is 6.08 Å². The molecule has 1 aliphatic heterocycles. The lowest BCUT2D eigenvalue weighted by atomic mass is 10.1. The van der Waals surface area contributed by atoms with Gasteiger partial charge in [-0.1, -0.05) is 75.7 Å². The summed E-state index contributed by atoms with van der Waals surface area (Å²) in [4.78, 5) is 1.31. The van der Waals surface area contributed by atoms with E-state index in [1.807, 2.05) is 38.1 Å². The van der Waals surface area contributed by atoms with Crippen molar-refractivity contribution < 1.29 is 9.47 Å². The Labute approximate surface area is 194 Å². The van der Waals surface area contributed by atoms with Gasteiger partial charge in [-0.2, -0.15) is 0 Å². The Bertz CT molecular complexity index is 757. The summed E-state index contributed by atoms with van der Waals surface area (Å²) in [5.74, 6) is 1.40. The number of hydrogen-bond donors (Lipinski definition) is 1. The van der Waals surface area contributed by atoms with Crippen molar-refractivity contribution in [2.45, 2.75) is 21.6 Å². The first-order valence-electron chi connectivity index (χ1n) is 8.24. The van der Waals surface area contributed by atoms with Crippen LogP contribution in [0, 0.1) is 0 Å². The van der Waals surface area contributed by atoms with Gasteiger partial charge in [-0.25, -0.2) is 0 Å². The van der Waals surface area contributed by atoms with Gasteiger partial charge in [0.1, 0.15) is 11.5 Å². The maximum absolute atomic E-state index is 5.98. The summed E-state index contributed by atoms with van der Waals surface area (Å²) in [5.41, 5.74) is 1.64. The predicted octanol–water partition coefficient (Wildman–Crippen LogP) is 6.78. The van der Waals surface area contributed by atoms with Crippen LogP contribution in [0.15, 0.2) is 48.1 Å². The number of halogens is 6. The second-order valence-corrected chi connectivity index (χ2v) is 10.1. The van der Waals surface area contributed by atoms with Crippen molar-refractivity contribution >= 4 is 75.7 Å². The summed E-state index contributed by atoms with van der Waals surface area (Å²) in [5, 5.41) is 3.00. The van der Waals surface area contributed by atoms with Crippen molar-refractivity contribution in [3.8, 4) is 11.5 Å². The van der Waals surface area contributed by atoms with E-state index < -0.39 is 7.71 Å². The molecule has 1 N–H and O–H groups in total. The highest BCUT2D eigenvalue weighted by atomic mass is 35.6. The third-order valence-corrected chi connectivity index (χ3v) is 4.60. The number of nitrogens with one attached hydrogen (secondary N) is 1. The predicted molar refractivity (Wildman–Crippen MR) is 120 cm³/mol.